The highest BCUT2D eigenvalue weighted by atomic mass is 79.9. The third kappa shape index (κ3) is 3.95. The summed E-state index contributed by atoms with van der Waals surface area (Å²) < 4.78 is 13.7. The second-order valence-corrected chi connectivity index (χ2v) is 5.65. The van der Waals surface area contributed by atoms with Crippen molar-refractivity contribution in [3.05, 3.63) is 28.5 Å². The molecule has 0 fully saturated rings. The largest absolute Gasteiger partial charge is 0.382 e. The first-order valence-corrected chi connectivity index (χ1v) is 7.86. The van der Waals surface area contributed by atoms with Gasteiger partial charge in [-0.25, -0.2) is 4.98 Å². The van der Waals surface area contributed by atoms with Crippen LogP contribution in [0.5, 0.6) is 0 Å². The van der Waals surface area contributed by atoms with Gasteiger partial charge in [-0.05, 0) is 18.2 Å². The molecule has 0 saturated carbocycles. The summed E-state index contributed by atoms with van der Waals surface area (Å²) in [7, 11) is 1.67. The van der Waals surface area contributed by atoms with Crippen molar-refractivity contribution < 1.29 is 9.47 Å². The van der Waals surface area contributed by atoms with E-state index in [1.807, 2.05) is 12.1 Å². The van der Waals surface area contributed by atoms with Crippen LogP contribution in [0.25, 0.3) is 11.0 Å². The first-order chi connectivity index (χ1) is 9.76. The molecular weight excluding hydrogens is 344 g/mol. The molecule has 0 spiro atoms. The Kier molecular flexibility index (Phi) is 6.29. The van der Waals surface area contributed by atoms with Crippen molar-refractivity contribution in [1.29, 1.82) is 0 Å². The second-order valence-electron chi connectivity index (χ2n) is 4.36. The summed E-state index contributed by atoms with van der Waals surface area (Å²) >= 11 is 9.33. The number of nitrogens with zero attached hydrogens (tertiary/aromatic N) is 2. The molecule has 1 heterocycles. The normalized spacial score (nSPS) is 11.3. The van der Waals surface area contributed by atoms with Gasteiger partial charge in [0, 0.05) is 30.4 Å². The van der Waals surface area contributed by atoms with Crippen molar-refractivity contribution >= 4 is 38.6 Å². The van der Waals surface area contributed by atoms with Crippen LogP contribution in [0.2, 0.25) is 0 Å². The maximum atomic E-state index is 5.86. The lowest BCUT2D eigenvalue weighted by Crippen LogP contribution is -2.12. The Morgan fingerprint density at radius 2 is 2.15 bits per heavy atom. The van der Waals surface area contributed by atoms with Gasteiger partial charge in [0.1, 0.15) is 5.82 Å². The molecule has 2 rings (SSSR count). The maximum absolute atomic E-state index is 5.86. The Hall–Kier alpha value is -0.620. The number of hydrogen-bond acceptors (Lipinski definition) is 3. The summed E-state index contributed by atoms with van der Waals surface area (Å²) in [6, 6.07) is 6.12. The van der Waals surface area contributed by atoms with Crippen LogP contribution < -0.4 is 0 Å². The number of fused-ring (bicyclic) bond motifs is 1. The van der Waals surface area contributed by atoms with Gasteiger partial charge in [0.2, 0.25) is 0 Å². The molecule has 0 N–H and O–H groups in total. The number of ether oxygens (including phenoxy) is 2. The molecule has 1 aromatic carbocycles. The zero-order chi connectivity index (χ0) is 14.4. The van der Waals surface area contributed by atoms with Gasteiger partial charge in [0.15, 0.2) is 0 Å². The molecule has 0 atom stereocenters. The lowest BCUT2D eigenvalue weighted by molar-refractivity contribution is 0.0667. The lowest BCUT2D eigenvalue weighted by Gasteiger charge is -2.09. The summed E-state index contributed by atoms with van der Waals surface area (Å²) in [5, 5.41) is 0. The van der Waals surface area contributed by atoms with Gasteiger partial charge < -0.3 is 14.0 Å². The van der Waals surface area contributed by atoms with E-state index >= 15 is 0 Å². The van der Waals surface area contributed by atoms with Crippen LogP contribution in [-0.4, -0.2) is 42.4 Å². The molecule has 0 aliphatic carbocycles. The van der Waals surface area contributed by atoms with E-state index in [9.17, 15) is 0 Å². The van der Waals surface area contributed by atoms with E-state index in [1.165, 1.54) is 0 Å². The highest BCUT2D eigenvalue weighted by molar-refractivity contribution is 9.10. The monoisotopic (exact) mass is 360 g/mol. The molecule has 6 heteroatoms. The minimum absolute atomic E-state index is 0.565. The zero-order valence-electron chi connectivity index (χ0n) is 11.4. The van der Waals surface area contributed by atoms with Crippen molar-refractivity contribution in [2.45, 2.75) is 13.0 Å². The van der Waals surface area contributed by atoms with Crippen LogP contribution in [0.1, 0.15) is 5.82 Å². The third-order valence-electron chi connectivity index (χ3n) is 3.00. The fourth-order valence-electron chi connectivity index (χ4n) is 2.08. The van der Waals surface area contributed by atoms with Crippen LogP contribution in [-0.2, 0) is 22.4 Å². The summed E-state index contributed by atoms with van der Waals surface area (Å²) in [6.45, 7) is 2.64. The first kappa shape index (κ1) is 15.8. The maximum Gasteiger partial charge on any atom is 0.111 e. The number of hydrogen-bond donors (Lipinski definition) is 0. The van der Waals surface area contributed by atoms with Crippen LogP contribution >= 0.6 is 27.5 Å². The molecule has 0 saturated heterocycles. The molecule has 0 radical (unpaired) electrons. The Labute approximate surface area is 132 Å². The van der Waals surface area contributed by atoms with E-state index in [0.29, 0.717) is 25.7 Å². The number of rotatable bonds is 8. The van der Waals surface area contributed by atoms with Crippen molar-refractivity contribution in [1.82, 2.24) is 9.55 Å². The van der Waals surface area contributed by atoms with E-state index in [4.69, 9.17) is 21.1 Å². The van der Waals surface area contributed by atoms with Crippen LogP contribution in [0.3, 0.4) is 0 Å². The van der Waals surface area contributed by atoms with Gasteiger partial charge in [0.05, 0.1) is 30.9 Å². The number of benzene rings is 1. The van der Waals surface area contributed by atoms with Gasteiger partial charge in [-0.1, -0.05) is 15.9 Å². The van der Waals surface area contributed by atoms with Crippen molar-refractivity contribution in [2.75, 3.05) is 32.8 Å². The molecule has 0 bridgehead atoms. The standard InChI is InChI=1S/C14H18BrClN2O2/c1-19-8-9-20-7-6-18-13-3-2-11(15)10-12(13)17-14(18)4-5-16/h2-3,10H,4-9H2,1H3. The summed E-state index contributed by atoms with van der Waals surface area (Å²) in [5.41, 5.74) is 2.10. The number of aryl methyl sites for hydroxylation is 1. The van der Waals surface area contributed by atoms with Gasteiger partial charge >= 0.3 is 0 Å². The van der Waals surface area contributed by atoms with E-state index < -0.39 is 0 Å². The number of aromatic nitrogens is 2. The number of imidazole rings is 1. The van der Waals surface area contributed by atoms with Crippen molar-refractivity contribution in [3.8, 4) is 0 Å². The molecule has 4 nitrogen and oxygen atoms in total. The second kappa shape index (κ2) is 7.98. The predicted molar refractivity (Wildman–Crippen MR) is 84.6 cm³/mol. The average Bonchev–Trinajstić information content (AvgIpc) is 2.76. The number of methoxy groups -OCH3 is 1. The van der Waals surface area contributed by atoms with Crippen LogP contribution in [0, 0.1) is 0 Å². The lowest BCUT2D eigenvalue weighted by atomic mass is 10.3. The Bertz CT molecular complexity index is 559. The molecule has 1 aromatic heterocycles. The quantitative estimate of drug-likeness (QED) is 0.535. The molecule has 110 valence electrons. The van der Waals surface area contributed by atoms with Gasteiger partial charge in [-0.15, -0.1) is 11.6 Å². The van der Waals surface area contributed by atoms with Gasteiger partial charge in [0.25, 0.3) is 0 Å². The average molecular weight is 362 g/mol. The van der Waals surface area contributed by atoms with E-state index in [-0.39, 0.29) is 0 Å². The molecule has 0 unspecified atom stereocenters. The molecular formula is C14H18BrClN2O2. The fraction of sp³-hybridized carbons (Fsp3) is 0.500. The molecule has 0 amide bonds. The first-order valence-electron chi connectivity index (χ1n) is 6.53. The summed E-state index contributed by atoms with van der Waals surface area (Å²) in [4.78, 5) is 4.65. The van der Waals surface area contributed by atoms with Gasteiger partial charge in [-0.2, -0.15) is 0 Å². The topological polar surface area (TPSA) is 36.3 Å². The van der Waals surface area contributed by atoms with E-state index in [0.717, 1.165) is 34.3 Å². The number of alkyl halides is 1. The molecule has 20 heavy (non-hydrogen) atoms. The number of halogens is 2. The summed E-state index contributed by atoms with van der Waals surface area (Å²) in [6.07, 6.45) is 0.756. The molecule has 0 aliphatic rings. The highest BCUT2D eigenvalue weighted by Gasteiger charge is 2.10. The minimum Gasteiger partial charge on any atom is -0.382 e. The zero-order valence-corrected chi connectivity index (χ0v) is 13.8. The molecule has 0 aliphatic heterocycles. The Morgan fingerprint density at radius 3 is 2.90 bits per heavy atom. The Balaban J connectivity index is 2.13. The SMILES string of the molecule is COCCOCCn1c(CCCl)nc2cc(Br)ccc21. The smallest absolute Gasteiger partial charge is 0.111 e. The van der Waals surface area contributed by atoms with Crippen molar-refractivity contribution in [3.63, 3.8) is 0 Å². The highest BCUT2D eigenvalue weighted by Crippen LogP contribution is 2.21. The van der Waals surface area contributed by atoms with Crippen LogP contribution in [0.4, 0.5) is 0 Å². The molecule has 2 aromatic rings. The van der Waals surface area contributed by atoms with Crippen LogP contribution in [0.15, 0.2) is 22.7 Å². The van der Waals surface area contributed by atoms with E-state index in [1.54, 1.807) is 7.11 Å². The third-order valence-corrected chi connectivity index (χ3v) is 3.68. The van der Waals surface area contributed by atoms with E-state index in [2.05, 4.69) is 31.5 Å². The van der Waals surface area contributed by atoms with Crippen molar-refractivity contribution in [2.24, 2.45) is 0 Å². The minimum atomic E-state index is 0.565. The predicted octanol–water partition coefficient (Wildman–Crippen LogP) is 3.24. The van der Waals surface area contributed by atoms with Gasteiger partial charge in [-0.3, -0.25) is 0 Å². The fourth-order valence-corrected chi connectivity index (χ4v) is 2.60. The summed E-state index contributed by atoms with van der Waals surface area (Å²) in [5.74, 6) is 1.57. The Morgan fingerprint density at radius 1 is 1.30 bits per heavy atom.